The van der Waals surface area contributed by atoms with Crippen LogP contribution in [0.3, 0.4) is 0 Å². The number of amides is 1. The van der Waals surface area contributed by atoms with Crippen LogP contribution >= 0.6 is 0 Å². The third-order valence-electron chi connectivity index (χ3n) is 4.85. The van der Waals surface area contributed by atoms with Crippen molar-refractivity contribution in [2.45, 2.75) is 64.8 Å². The zero-order chi connectivity index (χ0) is 13.0. The normalized spacial score (nSPS) is 23.1. The van der Waals surface area contributed by atoms with Gasteiger partial charge >= 0.3 is 0 Å². The van der Waals surface area contributed by atoms with Gasteiger partial charge in [-0.3, -0.25) is 4.79 Å². The molecule has 1 amide bonds. The molecule has 18 heavy (non-hydrogen) atoms. The summed E-state index contributed by atoms with van der Waals surface area (Å²) in [5.41, 5.74) is 0.491. The van der Waals surface area contributed by atoms with Crippen LogP contribution in [0.1, 0.15) is 58.8 Å². The van der Waals surface area contributed by atoms with E-state index < -0.39 is 0 Å². The fourth-order valence-corrected chi connectivity index (χ4v) is 3.07. The van der Waals surface area contributed by atoms with Crippen LogP contribution in [0.2, 0.25) is 0 Å². The average molecular weight is 252 g/mol. The van der Waals surface area contributed by atoms with Gasteiger partial charge in [0.25, 0.3) is 0 Å². The molecule has 0 saturated heterocycles. The standard InChI is InChI=1S/C15H28N2O/c1-12(2)15(8-9-15)11-16-10-14(18)17-13-6-4-3-5-7-13/h12-13,16H,3-11H2,1-2H3,(H,17,18). The minimum Gasteiger partial charge on any atom is -0.352 e. The van der Waals surface area contributed by atoms with Crippen molar-refractivity contribution in [1.29, 1.82) is 0 Å². The maximum absolute atomic E-state index is 11.8. The molecule has 0 aromatic carbocycles. The summed E-state index contributed by atoms with van der Waals surface area (Å²) in [5, 5.41) is 6.50. The van der Waals surface area contributed by atoms with E-state index in [0.29, 0.717) is 18.0 Å². The van der Waals surface area contributed by atoms with E-state index in [2.05, 4.69) is 24.5 Å². The van der Waals surface area contributed by atoms with Crippen molar-refractivity contribution in [3.8, 4) is 0 Å². The van der Waals surface area contributed by atoms with Gasteiger partial charge < -0.3 is 10.6 Å². The van der Waals surface area contributed by atoms with Gasteiger partial charge in [0.1, 0.15) is 0 Å². The Morgan fingerprint density at radius 2 is 1.89 bits per heavy atom. The highest BCUT2D eigenvalue weighted by Crippen LogP contribution is 2.51. The molecule has 2 fully saturated rings. The second-order valence-corrected chi connectivity index (χ2v) is 6.52. The summed E-state index contributed by atoms with van der Waals surface area (Å²) in [4.78, 5) is 11.8. The Balaban J connectivity index is 1.60. The number of carbonyl (C=O) groups excluding carboxylic acids is 1. The number of nitrogens with one attached hydrogen (secondary N) is 2. The molecular weight excluding hydrogens is 224 g/mol. The Morgan fingerprint density at radius 3 is 2.44 bits per heavy atom. The van der Waals surface area contributed by atoms with Gasteiger partial charge in [0.2, 0.25) is 5.91 Å². The minimum absolute atomic E-state index is 0.182. The SMILES string of the molecule is CC(C)C1(CNCC(=O)NC2CCCCC2)CC1. The second kappa shape index (κ2) is 6.05. The van der Waals surface area contributed by atoms with Crippen LogP contribution in [-0.4, -0.2) is 25.0 Å². The lowest BCUT2D eigenvalue weighted by molar-refractivity contribution is -0.121. The molecule has 2 N–H and O–H groups in total. The smallest absolute Gasteiger partial charge is 0.234 e. The Labute approximate surface area is 111 Å². The van der Waals surface area contributed by atoms with Crippen LogP contribution in [0.5, 0.6) is 0 Å². The van der Waals surface area contributed by atoms with Gasteiger partial charge in [-0.05, 0) is 37.0 Å². The van der Waals surface area contributed by atoms with Crippen molar-refractivity contribution in [3.05, 3.63) is 0 Å². The van der Waals surface area contributed by atoms with Crippen LogP contribution in [0.4, 0.5) is 0 Å². The molecule has 2 rings (SSSR count). The van der Waals surface area contributed by atoms with E-state index in [9.17, 15) is 4.79 Å². The van der Waals surface area contributed by atoms with Crippen LogP contribution in [0.25, 0.3) is 0 Å². The first-order valence-corrected chi connectivity index (χ1v) is 7.62. The molecule has 2 aliphatic carbocycles. The molecule has 0 unspecified atom stereocenters. The fraction of sp³-hybridized carbons (Fsp3) is 0.933. The van der Waals surface area contributed by atoms with Crippen molar-refractivity contribution in [1.82, 2.24) is 10.6 Å². The quantitative estimate of drug-likeness (QED) is 0.762. The Bertz CT molecular complexity index is 278. The predicted molar refractivity (Wildman–Crippen MR) is 74.4 cm³/mol. The number of hydrogen-bond donors (Lipinski definition) is 2. The summed E-state index contributed by atoms with van der Waals surface area (Å²) in [6, 6.07) is 0.438. The summed E-state index contributed by atoms with van der Waals surface area (Å²) in [7, 11) is 0. The molecule has 2 saturated carbocycles. The van der Waals surface area contributed by atoms with Crippen molar-refractivity contribution in [2.75, 3.05) is 13.1 Å². The molecule has 3 heteroatoms. The van der Waals surface area contributed by atoms with E-state index >= 15 is 0 Å². The molecule has 0 aromatic heterocycles. The molecule has 3 nitrogen and oxygen atoms in total. The lowest BCUT2D eigenvalue weighted by atomic mass is 9.92. The van der Waals surface area contributed by atoms with Crippen LogP contribution in [0, 0.1) is 11.3 Å². The second-order valence-electron chi connectivity index (χ2n) is 6.52. The van der Waals surface area contributed by atoms with Gasteiger partial charge in [-0.25, -0.2) is 0 Å². The first kappa shape index (κ1) is 13.9. The van der Waals surface area contributed by atoms with Crippen LogP contribution in [-0.2, 0) is 4.79 Å². The topological polar surface area (TPSA) is 41.1 Å². The Kier molecular flexibility index (Phi) is 4.66. The van der Waals surface area contributed by atoms with E-state index in [1.807, 2.05) is 0 Å². The third kappa shape index (κ3) is 3.71. The maximum atomic E-state index is 11.8. The highest BCUT2D eigenvalue weighted by Gasteiger charge is 2.44. The summed E-state index contributed by atoms with van der Waals surface area (Å²) in [5.74, 6) is 0.910. The molecule has 0 atom stereocenters. The highest BCUT2D eigenvalue weighted by atomic mass is 16.1. The van der Waals surface area contributed by atoms with Crippen molar-refractivity contribution >= 4 is 5.91 Å². The van der Waals surface area contributed by atoms with E-state index in [4.69, 9.17) is 0 Å². The van der Waals surface area contributed by atoms with Gasteiger partial charge in [0.05, 0.1) is 6.54 Å². The molecule has 0 radical (unpaired) electrons. The largest absolute Gasteiger partial charge is 0.352 e. The summed E-state index contributed by atoms with van der Waals surface area (Å²) >= 11 is 0. The van der Waals surface area contributed by atoms with E-state index in [1.54, 1.807) is 0 Å². The predicted octanol–water partition coefficient (Wildman–Crippen LogP) is 2.46. The lowest BCUT2D eigenvalue weighted by Gasteiger charge is -2.23. The molecule has 104 valence electrons. The third-order valence-corrected chi connectivity index (χ3v) is 4.85. The first-order valence-electron chi connectivity index (χ1n) is 7.62. The molecule has 0 spiro atoms. The summed E-state index contributed by atoms with van der Waals surface area (Å²) in [6.45, 7) is 6.07. The number of hydrogen-bond acceptors (Lipinski definition) is 2. The Hall–Kier alpha value is -0.570. The number of carbonyl (C=O) groups is 1. The molecule has 0 heterocycles. The minimum atomic E-state index is 0.182. The first-order chi connectivity index (χ1) is 8.62. The van der Waals surface area contributed by atoms with Gasteiger partial charge in [-0.15, -0.1) is 0 Å². The zero-order valence-electron chi connectivity index (χ0n) is 11.9. The molecular formula is C15H28N2O. The van der Waals surface area contributed by atoms with Gasteiger partial charge in [-0.1, -0.05) is 33.1 Å². The molecule has 0 aromatic rings. The maximum Gasteiger partial charge on any atom is 0.234 e. The van der Waals surface area contributed by atoms with Crippen LogP contribution < -0.4 is 10.6 Å². The fourth-order valence-electron chi connectivity index (χ4n) is 3.07. The molecule has 0 aliphatic heterocycles. The van der Waals surface area contributed by atoms with E-state index in [1.165, 1.54) is 44.9 Å². The monoisotopic (exact) mass is 252 g/mol. The summed E-state index contributed by atoms with van der Waals surface area (Å²) in [6.07, 6.45) is 8.86. The van der Waals surface area contributed by atoms with Gasteiger partial charge in [0, 0.05) is 12.6 Å². The van der Waals surface area contributed by atoms with Crippen LogP contribution in [0.15, 0.2) is 0 Å². The number of rotatable bonds is 6. The van der Waals surface area contributed by atoms with Crippen molar-refractivity contribution in [2.24, 2.45) is 11.3 Å². The molecule has 0 bridgehead atoms. The van der Waals surface area contributed by atoms with Gasteiger partial charge in [0.15, 0.2) is 0 Å². The van der Waals surface area contributed by atoms with Crippen molar-refractivity contribution in [3.63, 3.8) is 0 Å². The van der Waals surface area contributed by atoms with E-state index in [0.717, 1.165) is 12.5 Å². The molecule has 2 aliphatic rings. The Morgan fingerprint density at radius 1 is 1.22 bits per heavy atom. The average Bonchev–Trinajstić information content (AvgIpc) is 3.11. The zero-order valence-corrected chi connectivity index (χ0v) is 11.9. The lowest BCUT2D eigenvalue weighted by Crippen LogP contribution is -2.42. The summed E-state index contributed by atoms with van der Waals surface area (Å²) < 4.78 is 0. The van der Waals surface area contributed by atoms with Gasteiger partial charge in [-0.2, -0.15) is 0 Å². The highest BCUT2D eigenvalue weighted by molar-refractivity contribution is 5.78. The van der Waals surface area contributed by atoms with E-state index in [-0.39, 0.29) is 5.91 Å². The van der Waals surface area contributed by atoms with Crippen molar-refractivity contribution < 1.29 is 4.79 Å².